The van der Waals surface area contributed by atoms with Crippen LogP contribution in [0.1, 0.15) is 271 Å². The highest BCUT2D eigenvalue weighted by atomic mass is 16.7. The molecule has 0 aromatic carbocycles. The average Bonchev–Trinajstić information content (AvgIpc) is 3.51. The van der Waals surface area contributed by atoms with Crippen LogP contribution in [0, 0.1) is 0 Å². The van der Waals surface area contributed by atoms with Crippen LogP contribution in [0.5, 0.6) is 0 Å². The van der Waals surface area contributed by atoms with Gasteiger partial charge in [-0.1, -0.05) is 284 Å². The number of hydrogen-bond donors (Lipinski definition) is 6. The zero-order chi connectivity index (χ0) is 60.3. The van der Waals surface area contributed by atoms with Gasteiger partial charge in [-0.3, -0.25) is 9.59 Å². The maximum atomic E-state index is 13.4. The van der Waals surface area contributed by atoms with Gasteiger partial charge in [-0.2, -0.15) is 0 Å². The minimum absolute atomic E-state index is 0.111. The number of allylic oxidation sites excluding steroid dienone is 17. The van der Waals surface area contributed by atoms with Gasteiger partial charge in [-0.05, 0) is 89.9 Å². The van der Waals surface area contributed by atoms with Crippen LogP contribution in [0.25, 0.3) is 0 Å². The van der Waals surface area contributed by atoms with E-state index in [0.29, 0.717) is 12.8 Å². The number of aliphatic hydroxyl groups excluding tert-OH is 5. The molecule has 1 aliphatic rings. The van der Waals surface area contributed by atoms with Crippen LogP contribution in [-0.4, -0.2) is 99.6 Å². The molecule has 0 aliphatic carbocycles. The fourth-order valence-electron chi connectivity index (χ4n) is 9.94. The summed E-state index contributed by atoms with van der Waals surface area (Å²) in [6.45, 7) is 5.61. The molecule has 8 atom stereocenters. The molecule has 0 aromatic heterocycles. The van der Waals surface area contributed by atoms with Crippen molar-refractivity contribution in [1.29, 1.82) is 0 Å². The molecule has 8 unspecified atom stereocenters. The Labute approximate surface area is 507 Å². The predicted octanol–water partition coefficient (Wildman–Crippen LogP) is 16.8. The lowest BCUT2D eigenvalue weighted by molar-refractivity contribution is -0.305. The second-order valence-corrected chi connectivity index (χ2v) is 22.9. The monoisotopic (exact) mass is 1160 g/mol. The largest absolute Gasteiger partial charge is 0.454 e. The van der Waals surface area contributed by atoms with E-state index in [9.17, 15) is 35.1 Å². The first-order valence-corrected chi connectivity index (χ1v) is 33.7. The van der Waals surface area contributed by atoms with E-state index in [2.05, 4.69) is 86.8 Å². The molecule has 83 heavy (non-hydrogen) atoms. The van der Waals surface area contributed by atoms with Crippen molar-refractivity contribution in [1.82, 2.24) is 5.32 Å². The number of nitrogens with one attached hydrogen (secondary N) is 1. The standard InChI is InChI=1S/C72H123NO10/c1-4-7-10-13-16-19-22-25-27-28-29-30-31-32-33-34-35-36-37-38-39-42-45-48-51-54-57-60-67(77)83-70-69(79)68(78)66(61-74)82-72(70)81-62-63(64(75)58-55-52-49-46-43-40-24-21-18-15-12-9-6-3)73-71(80)65(76)59-56-53-50-47-44-41-26-23-20-17-14-11-8-5-2/h8,11,14,16-17,19-20,23,25-27,29-30,32-33,41,55,58,63-66,68-70,72,74-76,78-79H,4-7,9-10,12-13,15,18,21-22,24,28,31,34-40,42-54,56-57,59-62H2,1-3H3,(H,73,80)/b11-8+,17-14+,19-16-,23-20+,27-25-,30-29-,33-32-,41-26-,58-55+. The first-order valence-electron chi connectivity index (χ1n) is 33.7. The molecular formula is C72H123NO10. The maximum Gasteiger partial charge on any atom is 0.306 e. The number of esters is 1. The maximum absolute atomic E-state index is 13.4. The number of carbonyl (C=O) groups is 2. The Balaban J connectivity index is 2.59. The van der Waals surface area contributed by atoms with Crippen LogP contribution in [0.4, 0.5) is 0 Å². The minimum atomic E-state index is -1.63. The molecule has 1 heterocycles. The molecule has 1 amide bonds. The molecule has 0 saturated carbocycles. The number of aliphatic hydroxyl groups is 5. The van der Waals surface area contributed by atoms with E-state index in [1.807, 2.05) is 42.5 Å². The van der Waals surface area contributed by atoms with Gasteiger partial charge in [-0.25, -0.2) is 0 Å². The van der Waals surface area contributed by atoms with Gasteiger partial charge >= 0.3 is 5.97 Å². The number of unbranched alkanes of at least 4 members (excludes halogenated alkanes) is 29. The molecule has 0 radical (unpaired) electrons. The molecule has 1 rings (SSSR count). The summed E-state index contributed by atoms with van der Waals surface area (Å²) in [7, 11) is 0. The third-order valence-corrected chi connectivity index (χ3v) is 15.3. The molecule has 1 fully saturated rings. The molecule has 11 nitrogen and oxygen atoms in total. The summed E-state index contributed by atoms with van der Waals surface area (Å²) in [5, 5.41) is 57.1. The highest BCUT2D eigenvalue weighted by Gasteiger charge is 2.47. The first-order chi connectivity index (χ1) is 40.7. The molecule has 6 N–H and O–H groups in total. The summed E-state index contributed by atoms with van der Waals surface area (Å²) in [4.78, 5) is 26.6. The minimum Gasteiger partial charge on any atom is -0.454 e. The van der Waals surface area contributed by atoms with Crippen molar-refractivity contribution in [3.8, 4) is 0 Å². The number of hydrogen-bond acceptors (Lipinski definition) is 10. The second-order valence-electron chi connectivity index (χ2n) is 22.9. The van der Waals surface area contributed by atoms with Gasteiger partial charge in [-0.15, -0.1) is 0 Å². The number of carbonyl (C=O) groups excluding carboxylic acids is 2. The van der Waals surface area contributed by atoms with Gasteiger partial charge in [0.15, 0.2) is 12.4 Å². The number of amides is 1. The fourth-order valence-corrected chi connectivity index (χ4v) is 9.94. The van der Waals surface area contributed by atoms with E-state index in [-0.39, 0.29) is 19.4 Å². The normalized spacial score (nSPS) is 19.3. The third-order valence-electron chi connectivity index (χ3n) is 15.3. The highest BCUT2D eigenvalue weighted by Crippen LogP contribution is 2.26. The van der Waals surface area contributed by atoms with E-state index in [1.165, 1.54) is 128 Å². The molecule has 1 aliphatic heterocycles. The highest BCUT2D eigenvalue weighted by molar-refractivity contribution is 5.80. The summed E-state index contributed by atoms with van der Waals surface area (Å²) in [6, 6.07) is -1.04. The third kappa shape index (κ3) is 46.2. The second kappa shape index (κ2) is 58.7. The lowest BCUT2D eigenvalue weighted by atomic mass is 9.99. The lowest BCUT2D eigenvalue weighted by Gasteiger charge is -2.41. The molecule has 0 bridgehead atoms. The SMILES string of the molecule is CC/C=C/C=C/C=C/C=C\CCCCCCC(O)C(=O)NC(COC1OC(CO)C(O)C(O)C1OC(=O)CCCCCCCCCCCCC/C=C\C/C=C\C/C=C\C/C=C\CCCCC)C(O)/C=C/CCCCCCCCCCCCC. The Morgan fingerprint density at radius 3 is 1.43 bits per heavy atom. The zero-order valence-electron chi connectivity index (χ0n) is 52.8. The Morgan fingerprint density at radius 2 is 0.916 bits per heavy atom. The summed E-state index contributed by atoms with van der Waals surface area (Å²) >= 11 is 0. The molecule has 0 spiro atoms. The van der Waals surface area contributed by atoms with E-state index < -0.39 is 67.4 Å². The van der Waals surface area contributed by atoms with Gasteiger partial charge in [0.1, 0.15) is 24.4 Å². The van der Waals surface area contributed by atoms with Gasteiger partial charge in [0, 0.05) is 6.42 Å². The topological polar surface area (TPSA) is 175 Å². The van der Waals surface area contributed by atoms with Crippen LogP contribution in [0.2, 0.25) is 0 Å². The molecule has 11 heteroatoms. The zero-order valence-corrected chi connectivity index (χ0v) is 52.8. The lowest BCUT2D eigenvalue weighted by Crippen LogP contribution is -2.61. The van der Waals surface area contributed by atoms with Gasteiger partial charge in [0.2, 0.25) is 5.91 Å². The molecule has 476 valence electrons. The quantitative estimate of drug-likeness (QED) is 0.0149. The van der Waals surface area contributed by atoms with Crippen LogP contribution >= 0.6 is 0 Å². The van der Waals surface area contributed by atoms with Gasteiger partial charge in [0.05, 0.1) is 25.4 Å². The van der Waals surface area contributed by atoms with Crippen molar-refractivity contribution in [2.24, 2.45) is 0 Å². The predicted molar refractivity (Wildman–Crippen MR) is 347 cm³/mol. The Bertz CT molecular complexity index is 1770. The van der Waals surface area contributed by atoms with E-state index >= 15 is 0 Å². The molecular weight excluding hydrogens is 1040 g/mol. The van der Waals surface area contributed by atoms with Gasteiger partial charge in [0.25, 0.3) is 0 Å². The van der Waals surface area contributed by atoms with Crippen molar-refractivity contribution < 1.29 is 49.3 Å². The summed E-state index contributed by atoms with van der Waals surface area (Å²) in [5.74, 6) is -1.23. The van der Waals surface area contributed by atoms with Crippen LogP contribution in [0.3, 0.4) is 0 Å². The smallest absolute Gasteiger partial charge is 0.306 e. The van der Waals surface area contributed by atoms with Crippen LogP contribution in [0.15, 0.2) is 109 Å². The van der Waals surface area contributed by atoms with Crippen molar-refractivity contribution in [3.63, 3.8) is 0 Å². The first kappa shape index (κ1) is 77.3. The van der Waals surface area contributed by atoms with Crippen molar-refractivity contribution in [2.45, 2.75) is 320 Å². The average molecular weight is 1160 g/mol. The van der Waals surface area contributed by atoms with Gasteiger partial charge < -0.3 is 45.1 Å². The number of rotatable bonds is 56. The molecule has 1 saturated heterocycles. The Kier molecular flexibility index (Phi) is 54.7. The van der Waals surface area contributed by atoms with E-state index in [4.69, 9.17) is 14.2 Å². The van der Waals surface area contributed by atoms with Crippen LogP contribution in [-0.2, 0) is 23.8 Å². The summed E-state index contributed by atoms with van der Waals surface area (Å²) in [6.07, 6.45) is 69.8. The van der Waals surface area contributed by atoms with Crippen molar-refractivity contribution in [2.75, 3.05) is 13.2 Å². The Hall–Kier alpha value is -3.68. The Morgan fingerprint density at radius 1 is 0.494 bits per heavy atom. The van der Waals surface area contributed by atoms with Crippen molar-refractivity contribution >= 4 is 11.9 Å². The van der Waals surface area contributed by atoms with E-state index in [1.54, 1.807) is 6.08 Å². The summed E-state index contributed by atoms with van der Waals surface area (Å²) < 4.78 is 17.7. The van der Waals surface area contributed by atoms with Crippen LogP contribution < -0.4 is 5.32 Å². The number of ether oxygens (including phenoxy) is 3. The van der Waals surface area contributed by atoms with Crippen molar-refractivity contribution in [3.05, 3.63) is 109 Å². The summed E-state index contributed by atoms with van der Waals surface area (Å²) in [5.41, 5.74) is 0. The molecule has 0 aromatic rings. The fraction of sp³-hybridized carbons (Fsp3) is 0.722. The van der Waals surface area contributed by atoms with E-state index in [0.717, 1.165) is 96.3 Å².